The summed E-state index contributed by atoms with van der Waals surface area (Å²) in [5.41, 5.74) is -2.07. The Morgan fingerprint density at radius 2 is 1.77 bits per heavy atom. The molecule has 3 aliphatic carbocycles. The standard InChI is InChI=1S/C21H21NO8/c1-19-7-8-6-11(24)13(18(22)28)16(26)21(8,30)17(27)14(19)15(25)12-9(20(19,2)29)4-3-5-10(12)23/h3-5,8,23,25-26,29-30H,6-7H2,1-2H3,(H2,22,28)/t8-,19+,20-,21-/m1/s1. The molecule has 0 aromatic heterocycles. The molecule has 9 nitrogen and oxygen atoms in total. The smallest absolute Gasteiger partial charge is 0.255 e. The lowest BCUT2D eigenvalue weighted by atomic mass is 9.49. The molecule has 0 unspecified atom stereocenters. The van der Waals surface area contributed by atoms with E-state index in [0.717, 1.165) is 0 Å². The van der Waals surface area contributed by atoms with Crippen LogP contribution >= 0.6 is 0 Å². The number of Topliss-reactive ketones (excluding diaryl/α,β-unsaturated/α-hetero) is 2. The van der Waals surface area contributed by atoms with E-state index in [4.69, 9.17) is 5.73 Å². The molecule has 1 aromatic carbocycles. The van der Waals surface area contributed by atoms with Gasteiger partial charge in [-0.3, -0.25) is 14.4 Å². The van der Waals surface area contributed by atoms with Gasteiger partial charge in [0.05, 0.1) is 16.7 Å². The molecule has 9 heteroatoms. The Morgan fingerprint density at radius 3 is 2.37 bits per heavy atom. The predicted molar refractivity (Wildman–Crippen MR) is 102 cm³/mol. The fourth-order valence-electron chi connectivity index (χ4n) is 5.22. The van der Waals surface area contributed by atoms with Crippen LogP contribution in [0.4, 0.5) is 0 Å². The first kappa shape index (κ1) is 20.1. The van der Waals surface area contributed by atoms with E-state index in [9.17, 15) is 39.9 Å². The molecule has 0 radical (unpaired) electrons. The Labute approximate surface area is 170 Å². The van der Waals surface area contributed by atoms with E-state index in [-0.39, 0.29) is 17.5 Å². The molecule has 1 fully saturated rings. The summed E-state index contributed by atoms with van der Waals surface area (Å²) in [5, 5.41) is 54.4. The molecule has 4 rings (SSSR count). The largest absolute Gasteiger partial charge is 0.508 e. The summed E-state index contributed by atoms with van der Waals surface area (Å²) in [7, 11) is 0. The van der Waals surface area contributed by atoms with Crippen molar-refractivity contribution in [1.29, 1.82) is 0 Å². The van der Waals surface area contributed by atoms with Crippen molar-refractivity contribution in [2.24, 2.45) is 17.1 Å². The first-order chi connectivity index (χ1) is 13.8. The molecule has 3 aliphatic rings. The van der Waals surface area contributed by atoms with E-state index in [0.29, 0.717) is 0 Å². The van der Waals surface area contributed by atoms with Gasteiger partial charge in [-0.1, -0.05) is 19.1 Å². The molecule has 0 aliphatic heterocycles. The third kappa shape index (κ3) is 2.06. The van der Waals surface area contributed by atoms with Crippen LogP contribution < -0.4 is 5.73 Å². The first-order valence-corrected chi connectivity index (χ1v) is 9.33. The molecule has 30 heavy (non-hydrogen) atoms. The monoisotopic (exact) mass is 415 g/mol. The van der Waals surface area contributed by atoms with Crippen LogP contribution in [0.5, 0.6) is 5.75 Å². The van der Waals surface area contributed by atoms with Crippen molar-refractivity contribution in [2.75, 3.05) is 0 Å². The molecular formula is C21H21NO8. The number of carbonyl (C=O) groups excluding carboxylic acids is 3. The maximum absolute atomic E-state index is 13.5. The number of benzene rings is 1. The van der Waals surface area contributed by atoms with Crippen LogP contribution in [0, 0.1) is 11.3 Å². The van der Waals surface area contributed by atoms with Crippen molar-refractivity contribution in [2.45, 2.75) is 37.9 Å². The number of phenolic OH excluding ortho intramolecular Hbond substituents is 1. The Balaban J connectivity index is 2.06. The van der Waals surface area contributed by atoms with Crippen LogP contribution in [-0.4, -0.2) is 48.6 Å². The fraction of sp³-hybridized carbons (Fsp3) is 0.381. The van der Waals surface area contributed by atoms with E-state index in [1.54, 1.807) is 0 Å². The summed E-state index contributed by atoms with van der Waals surface area (Å²) in [6.07, 6.45) is -0.643. The number of rotatable bonds is 1. The Bertz CT molecular complexity index is 1110. The number of aliphatic hydroxyl groups is 4. The predicted octanol–water partition coefficient (Wildman–Crippen LogP) is 0.479. The van der Waals surface area contributed by atoms with Crippen molar-refractivity contribution < 1.29 is 39.9 Å². The first-order valence-electron chi connectivity index (χ1n) is 9.33. The quantitative estimate of drug-likeness (QED) is 0.358. The third-order valence-corrected chi connectivity index (χ3v) is 7.04. The second-order valence-corrected chi connectivity index (χ2v) is 8.54. The summed E-state index contributed by atoms with van der Waals surface area (Å²) in [6, 6.07) is 4.23. The van der Waals surface area contributed by atoms with Crippen LogP contribution in [0.1, 0.15) is 37.8 Å². The second-order valence-electron chi connectivity index (χ2n) is 8.54. The lowest BCUT2D eigenvalue weighted by molar-refractivity contribution is -0.161. The van der Waals surface area contributed by atoms with Crippen molar-refractivity contribution in [3.05, 3.63) is 46.2 Å². The minimum atomic E-state index is -2.68. The molecule has 0 bridgehead atoms. The number of aliphatic hydroxyl groups excluding tert-OH is 2. The summed E-state index contributed by atoms with van der Waals surface area (Å²) in [6.45, 7) is 2.91. The van der Waals surface area contributed by atoms with Crippen LogP contribution in [-0.2, 0) is 20.0 Å². The molecule has 0 spiro atoms. The minimum absolute atomic E-state index is 0.171. The topological polar surface area (TPSA) is 178 Å². The van der Waals surface area contributed by atoms with Gasteiger partial charge in [0.25, 0.3) is 5.91 Å². The van der Waals surface area contributed by atoms with Crippen molar-refractivity contribution in [3.63, 3.8) is 0 Å². The van der Waals surface area contributed by atoms with Gasteiger partial charge in [-0.25, -0.2) is 0 Å². The molecule has 158 valence electrons. The van der Waals surface area contributed by atoms with Gasteiger partial charge in [-0.2, -0.15) is 0 Å². The van der Waals surface area contributed by atoms with Gasteiger partial charge in [-0.15, -0.1) is 0 Å². The van der Waals surface area contributed by atoms with Gasteiger partial charge in [0.15, 0.2) is 11.4 Å². The number of hydrogen-bond donors (Lipinski definition) is 6. The average molecular weight is 415 g/mol. The van der Waals surface area contributed by atoms with Crippen molar-refractivity contribution in [1.82, 2.24) is 0 Å². The number of fused-ring (bicyclic) bond motifs is 3. The molecule has 4 atom stereocenters. The number of carbonyl (C=O) groups is 3. The Morgan fingerprint density at radius 1 is 1.13 bits per heavy atom. The van der Waals surface area contributed by atoms with Gasteiger partial charge in [0.2, 0.25) is 5.78 Å². The van der Waals surface area contributed by atoms with E-state index >= 15 is 0 Å². The van der Waals surface area contributed by atoms with Gasteiger partial charge in [-0.05, 0) is 25.0 Å². The summed E-state index contributed by atoms with van der Waals surface area (Å²) in [5.74, 6) is -6.66. The van der Waals surface area contributed by atoms with Crippen LogP contribution in [0.2, 0.25) is 0 Å². The maximum atomic E-state index is 13.5. The van der Waals surface area contributed by atoms with E-state index in [2.05, 4.69) is 0 Å². The normalized spacial score (nSPS) is 35.7. The second kappa shape index (κ2) is 5.71. The molecular weight excluding hydrogens is 394 g/mol. The molecule has 1 amide bonds. The number of phenols is 1. The third-order valence-electron chi connectivity index (χ3n) is 7.04. The molecule has 1 aromatic rings. The summed E-state index contributed by atoms with van der Waals surface area (Å²) < 4.78 is 0. The highest BCUT2D eigenvalue weighted by Gasteiger charge is 2.67. The highest BCUT2D eigenvalue weighted by molar-refractivity contribution is 6.23. The number of amides is 1. The molecule has 7 N–H and O–H groups in total. The highest BCUT2D eigenvalue weighted by Crippen LogP contribution is 2.63. The van der Waals surface area contributed by atoms with Crippen molar-refractivity contribution in [3.8, 4) is 5.75 Å². The lowest BCUT2D eigenvalue weighted by Gasteiger charge is -2.56. The van der Waals surface area contributed by atoms with Gasteiger partial charge in [0.1, 0.15) is 22.8 Å². The van der Waals surface area contributed by atoms with E-state index in [1.807, 2.05) is 0 Å². The number of nitrogens with two attached hydrogens (primary N) is 1. The summed E-state index contributed by atoms with van der Waals surface area (Å²) in [4.78, 5) is 37.5. The zero-order valence-corrected chi connectivity index (χ0v) is 16.3. The van der Waals surface area contributed by atoms with Gasteiger partial charge in [0, 0.05) is 17.8 Å². The van der Waals surface area contributed by atoms with Crippen molar-refractivity contribution >= 4 is 23.2 Å². The maximum Gasteiger partial charge on any atom is 0.255 e. The zero-order chi connectivity index (χ0) is 22.4. The summed E-state index contributed by atoms with van der Waals surface area (Å²) >= 11 is 0. The fourth-order valence-corrected chi connectivity index (χ4v) is 5.22. The lowest BCUT2D eigenvalue weighted by Crippen LogP contribution is -2.63. The SMILES string of the molecule is C[C@]12C[C@H]3CC(=O)C(C(N)=O)=C(O)[C@@]3(O)C(=O)C1=C(O)c1c(O)cccc1[C@@]2(C)O. The Kier molecular flexibility index (Phi) is 3.83. The van der Waals surface area contributed by atoms with E-state index < -0.39 is 74.8 Å². The Hall–Kier alpha value is -3.17. The molecule has 1 saturated carbocycles. The molecule has 0 heterocycles. The minimum Gasteiger partial charge on any atom is -0.508 e. The number of hydrogen-bond acceptors (Lipinski definition) is 8. The highest BCUT2D eigenvalue weighted by atomic mass is 16.3. The number of aromatic hydroxyl groups is 1. The van der Waals surface area contributed by atoms with E-state index in [1.165, 1.54) is 32.0 Å². The van der Waals surface area contributed by atoms with Crippen LogP contribution in [0.3, 0.4) is 0 Å². The number of ketones is 2. The van der Waals surface area contributed by atoms with Gasteiger partial charge < -0.3 is 31.3 Å². The number of primary amides is 1. The van der Waals surface area contributed by atoms with Crippen LogP contribution in [0.15, 0.2) is 35.1 Å². The molecule has 0 saturated heterocycles. The zero-order valence-electron chi connectivity index (χ0n) is 16.3. The average Bonchev–Trinajstić information content (AvgIpc) is 2.63. The van der Waals surface area contributed by atoms with Gasteiger partial charge >= 0.3 is 0 Å². The van der Waals surface area contributed by atoms with Crippen LogP contribution in [0.25, 0.3) is 5.76 Å².